The Morgan fingerprint density at radius 2 is 2.20 bits per heavy atom. The molecule has 2 aliphatic carbocycles. The van der Waals surface area contributed by atoms with E-state index in [1.165, 1.54) is 25.7 Å². The maximum atomic E-state index is 11.4. The van der Waals surface area contributed by atoms with E-state index < -0.39 is 0 Å². The van der Waals surface area contributed by atoms with Crippen LogP contribution in [0.4, 0.5) is 0 Å². The molecule has 3 nitrogen and oxygen atoms in total. The molecule has 2 saturated carbocycles. The minimum atomic E-state index is 0.132. The summed E-state index contributed by atoms with van der Waals surface area (Å²) < 4.78 is 0. The topological polar surface area (TPSA) is 41.1 Å². The van der Waals surface area contributed by atoms with Crippen molar-refractivity contribution in [3.8, 4) is 0 Å². The Morgan fingerprint density at radius 1 is 1.40 bits per heavy atom. The van der Waals surface area contributed by atoms with Crippen LogP contribution in [-0.2, 0) is 4.79 Å². The zero-order chi connectivity index (χ0) is 10.8. The predicted molar refractivity (Wildman–Crippen MR) is 60.5 cm³/mol. The Bertz CT molecular complexity index is 242. The van der Waals surface area contributed by atoms with Crippen molar-refractivity contribution in [3.05, 3.63) is 0 Å². The quantitative estimate of drug-likeness (QED) is 0.731. The lowest BCUT2D eigenvalue weighted by Gasteiger charge is -2.28. The number of carbonyl (C=O) groups is 1. The van der Waals surface area contributed by atoms with E-state index in [2.05, 4.69) is 17.6 Å². The summed E-state index contributed by atoms with van der Waals surface area (Å²) in [4.78, 5) is 11.4. The third-order valence-corrected chi connectivity index (χ3v) is 4.16. The summed E-state index contributed by atoms with van der Waals surface area (Å²) >= 11 is 0. The summed E-state index contributed by atoms with van der Waals surface area (Å²) in [5.41, 5.74) is 0. The van der Waals surface area contributed by atoms with Gasteiger partial charge in [0.05, 0.1) is 6.54 Å². The summed E-state index contributed by atoms with van der Waals surface area (Å²) in [6.07, 6.45) is 5.57. The maximum absolute atomic E-state index is 11.4. The van der Waals surface area contributed by atoms with E-state index in [4.69, 9.17) is 0 Å². The SMILES string of the molecule is CNCC(=O)NC(C)C1CC2CCC1C2. The fourth-order valence-electron chi connectivity index (χ4n) is 3.48. The largest absolute Gasteiger partial charge is 0.352 e. The maximum Gasteiger partial charge on any atom is 0.234 e. The summed E-state index contributed by atoms with van der Waals surface area (Å²) in [5, 5.41) is 5.99. The van der Waals surface area contributed by atoms with Gasteiger partial charge in [-0.2, -0.15) is 0 Å². The van der Waals surface area contributed by atoms with E-state index in [9.17, 15) is 4.79 Å². The highest BCUT2D eigenvalue weighted by atomic mass is 16.1. The van der Waals surface area contributed by atoms with Gasteiger partial charge in [0.1, 0.15) is 0 Å². The number of likely N-dealkylation sites (N-methyl/N-ethyl adjacent to an activating group) is 1. The van der Waals surface area contributed by atoms with Crippen LogP contribution < -0.4 is 10.6 Å². The monoisotopic (exact) mass is 210 g/mol. The van der Waals surface area contributed by atoms with Crippen molar-refractivity contribution >= 4 is 5.91 Å². The Kier molecular flexibility index (Phi) is 3.29. The molecule has 2 aliphatic rings. The van der Waals surface area contributed by atoms with Crippen LogP contribution in [0.5, 0.6) is 0 Å². The summed E-state index contributed by atoms with van der Waals surface area (Å²) in [6, 6.07) is 0.362. The lowest BCUT2D eigenvalue weighted by molar-refractivity contribution is -0.121. The number of amides is 1. The van der Waals surface area contributed by atoms with Gasteiger partial charge in [0.15, 0.2) is 0 Å². The van der Waals surface area contributed by atoms with Crippen molar-refractivity contribution < 1.29 is 4.79 Å². The normalized spacial score (nSPS) is 35.5. The van der Waals surface area contributed by atoms with Gasteiger partial charge in [-0.25, -0.2) is 0 Å². The van der Waals surface area contributed by atoms with Crippen molar-refractivity contribution in [2.75, 3.05) is 13.6 Å². The Hall–Kier alpha value is -0.570. The minimum Gasteiger partial charge on any atom is -0.352 e. The van der Waals surface area contributed by atoms with Gasteiger partial charge >= 0.3 is 0 Å². The number of hydrogen-bond acceptors (Lipinski definition) is 2. The van der Waals surface area contributed by atoms with E-state index in [0.717, 1.165) is 17.8 Å². The lowest BCUT2D eigenvalue weighted by Crippen LogP contribution is -2.43. The van der Waals surface area contributed by atoms with Crippen LogP contribution in [0.1, 0.15) is 32.6 Å². The van der Waals surface area contributed by atoms with Crippen LogP contribution in [0.15, 0.2) is 0 Å². The molecule has 0 heterocycles. The fraction of sp³-hybridized carbons (Fsp3) is 0.917. The van der Waals surface area contributed by atoms with Crippen LogP contribution in [0.3, 0.4) is 0 Å². The highest BCUT2D eigenvalue weighted by molar-refractivity contribution is 5.78. The second kappa shape index (κ2) is 4.52. The molecule has 0 spiro atoms. The smallest absolute Gasteiger partial charge is 0.234 e. The van der Waals surface area contributed by atoms with Crippen LogP contribution in [0.25, 0.3) is 0 Å². The van der Waals surface area contributed by atoms with E-state index in [1.807, 2.05) is 7.05 Å². The van der Waals surface area contributed by atoms with E-state index in [0.29, 0.717) is 12.6 Å². The van der Waals surface area contributed by atoms with Gasteiger partial charge < -0.3 is 10.6 Å². The average Bonchev–Trinajstić information content (AvgIpc) is 2.78. The molecule has 2 fully saturated rings. The Morgan fingerprint density at radius 3 is 2.73 bits per heavy atom. The summed E-state index contributed by atoms with van der Waals surface area (Å²) in [5.74, 6) is 2.72. The second-order valence-corrected chi connectivity index (χ2v) is 5.23. The van der Waals surface area contributed by atoms with Gasteiger partial charge in [-0.1, -0.05) is 6.42 Å². The molecule has 3 heteroatoms. The first kappa shape index (κ1) is 10.9. The summed E-state index contributed by atoms with van der Waals surface area (Å²) in [6.45, 7) is 2.60. The molecule has 4 unspecified atom stereocenters. The molecule has 0 aromatic rings. The van der Waals surface area contributed by atoms with Crippen molar-refractivity contribution in [3.63, 3.8) is 0 Å². The molecule has 0 radical (unpaired) electrons. The zero-order valence-corrected chi connectivity index (χ0v) is 9.75. The van der Waals surface area contributed by atoms with Gasteiger partial charge in [-0.3, -0.25) is 4.79 Å². The molecular weight excluding hydrogens is 188 g/mol. The molecule has 0 aromatic heterocycles. The van der Waals surface area contributed by atoms with Crippen LogP contribution in [0.2, 0.25) is 0 Å². The number of rotatable bonds is 4. The average molecular weight is 210 g/mol. The molecule has 2 rings (SSSR count). The highest BCUT2D eigenvalue weighted by Crippen LogP contribution is 2.49. The van der Waals surface area contributed by atoms with E-state index in [-0.39, 0.29) is 5.91 Å². The fourth-order valence-corrected chi connectivity index (χ4v) is 3.48. The second-order valence-electron chi connectivity index (χ2n) is 5.23. The highest BCUT2D eigenvalue weighted by Gasteiger charge is 2.41. The minimum absolute atomic E-state index is 0.132. The molecule has 0 saturated heterocycles. The molecular formula is C12H22N2O. The van der Waals surface area contributed by atoms with Crippen LogP contribution in [0, 0.1) is 17.8 Å². The van der Waals surface area contributed by atoms with Crippen LogP contribution in [-0.4, -0.2) is 25.5 Å². The molecule has 86 valence electrons. The Balaban J connectivity index is 1.81. The number of nitrogens with one attached hydrogen (secondary N) is 2. The van der Waals surface area contributed by atoms with Gasteiger partial charge in [0.2, 0.25) is 5.91 Å². The van der Waals surface area contributed by atoms with Crippen molar-refractivity contribution in [1.82, 2.24) is 10.6 Å². The van der Waals surface area contributed by atoms with E-state index >= 15 is 0 Å². The van der Waals surface area contributed by atoms with Gasteiger partial charge in [0.25, 0.3) is 0 Å². The van der Waals surface area contributed by atoms with Crippen molar-refractivity contribution in [1.29, 1.82) is 0 Å². The molecule has 0 aliphatic heterocycles. The molecule has 4 atom stereocenters. The third kappa shape index (κ3) is 2.33. The van der Waals surface area contributed by atoms with Gasteiger partial charge in [0, 0.05) is 6.04 Å². The third-order valence-electron chi connectivity index (χ3n) is 4.16. The molecule has 15 heavy (non-hydrogen) atoms. The molecule has 2 bridgehead atoms. The number of hydrogen-bond donors (Lipinski definition) is 2. The first-order valence-corrected chi connectivity index (χ1v) is 6.14. The van der Waals surface area contributed by atoms with Crippen molar-refractivity contribution in [2.24, 2.45) is 17.8 Å². The lowest BCUT2D eigenvalue weighted by atomic mass is 9.84. The zero-order valence-electron chi connectivity index (χ0n) is 9.75. The summed E-state index contributed by atoms with van der Waals surface area (Å²) in [7, 11) is 1.81. The first-order chi connectivity index (χ1) is 7.20. The number of carbonyl (C=O) groups excluding carboxylic acids is 1. The van der Waals surface area contributed by atoms with Crippen molar-refractivity contribution in [2.45, 2.75) is 38.6 Å². The van der Waals surface area contributed by atoms with Gasteiger partial charge in [-0.15, -0.1) is 0 Å². The predicted octanol–water partition coefficient (Wildman–Crippen LogP) is 1.15. The van der Waals surface area contributed by atoms with Gasteiger partial charge in [-0.05, 0) is 51.0 Å². The molecule has 2 N–H and O–H groups in total. The van der Waals surface area contributed by atoms with E-state index in [1.54, 1.807) is 0 Å². The van der Waals surface area contributed by atoms with Crippen LogP contribution >= 0.6 is 0 Å². The standard InChI is InChI=1S/C12H22N2O/c1-8(14-12(15)7-13-2)11-6-9-3-4-10(11)5-9/h8-11,13H,3-7H2,1-2H3,(H,14,15). The first-order valence-electron chi connectivity index (χ1n) is 6.14. The number of fused-ring (bicyclic) bond motifs is 2. The molecule has 1 amide bonds. The molecule has 0 aromatic carbocycles. The Labute approximate surface area is 92.0 Å².